The topological polar surface area (TPSA) is 63.0 Å². The van der Waals surface area contributed by atoms with Gasteiger partial charge in [0.1, 0.15) is 5.60 Å². The molecule has 2 amide bonds. The maximum Gasteiger partial charge on any atom is 0.410 e. The third-order valence-corrected chi connectivity index (χ3v) is 3.54. The lowest BCUT2D eigenvalue weighted by atomic mass is 10.1. The number of nitrogens with zero attached hydrogens (tertiary/aromatic N) is 2. The van der Waals surface area contributed by atoms with Gasteiger partial charge in [0.2, 0.25) is 5.91 Å². The zero-order chi connectivity index (χ0) is 16.3. The van der Waals surface area contributed by atoms with Crippen molar-refractivity contribution >= 4 is 12.0 Å². The number of ether oxygens (including phenoxy) is 1. The van der Waals surface area contributed by atoms with Crippen LogP contribution in [0.2, 0.25) is 0 Å². The zero-order valence-electron chi connectivity index (χ0n) is 13.7. The van der Waals surface area contributed by atoms with Crippen LogP contribution in [-0.4, -0.2) is 53.1 Å². The first-order chi connectivity index (χ1) is 10.3. The van der Waals surface area contributed by atoms with Crippen molar-refractivity contribution in [2.24, 2.45) is 0 Å². The molecular formula is C16H24N2O4. The van der Waals surface area contributed by atoms with Gasteiger partial charge in [0.05, 0.1) is 18.9 Å². The number of rotatable bonds is 2. The summed E-state index contributed by atoms with van der Waals surface area (Å²) in [4.78, 5) is 27.9. The molecule has 6 heteroatoms. The number of carbonyl (C=O) groups excluding carboxylic acids is 2. The summed E-state index contributed by atoms with van der Waals surface area (Å²) in [6.07, 6.45) is 3.15. The average molecular weight is 308 g/mol. The SMILES string of the molecule is C[C@@H]1CN(C(=O)Cc2ccoc2)CCN1C(=O)OC(C)(C)C. The van der Waals surface area contributed by atoms with E-state index < -0.39 is 5.60 Å². The molecule has 0 spiro atoms. The van der Waals surface area contributed by atoms with E-state index in [1.807, 2.05) is 27.7 Å². The summed E-state index contributed by atoms with van der Waals surface area (Å²) in [5.41, 5.74) is 0.359. The predicted octanol–water partition coefficient (Wildman–Crippen LogP) is 2.29. The lowest BCUT2D eigenvalue weighted by Gasteiger charge is -2.40. The third kappa shape index (κ3) is 4.26. The molecule has 6 nitrogen and oxygen atoms in total. The Morgan fingerprint density at radius 2 is 2.09 bits per heavy atom. The van der Waals surface area contributed by atoms with E-state index in [0.29, 0.717) is 26.1 Å². The summed E-state index contributed by atoms with van der Waals surface area (Å²) < 4.78 is 10.4. The fraction of sp³-hybridized carbons (Fsp3) is 0.625. The molecule has 0 aliphatic carbocycles. The van der Waals surface area contributed by atoms with Gasteiger partial charge in [-0.3, -0.25) is 4.79 Å². The van der Waals surface area contributed by atoms with Crippen LogP contribution >= 0.6 is 0 Å². The van der Waals surface area contributed by atoms with Gasteiger partial charge >= 0.3 is 6.09 Å². The molecule has 1 fully saturated rings. The van der Waals surface area contributed by atoms with Gasteiger partial charge in [-0.05, 0) is 39.3 Å². The quantitative estimate of drug-likeness (QED) is 0.841. The largest absolute Gasteiger partial charge is 0.472 e. The molecule has 22 heavy (non-hydrogen) atoms. The number of hydrogen-bond acceptors (Lipinski definition) is 4. The van der Waals surface area contributed by atoms with Crippen molar-refractivity contribution < 1.29 is 18.7 Å². The van der Waals surface area contributed by atoms with Crippen molar-refractivity contribution in [3.05, 3.63) is 24.2 Å². The van der Waals surface area contributed by atoms with Gasteiger partial charge in [0.15, 0.2) is 0 Å². The van der Waals surface area contributed by atoms with Crippen molar-refractivity contribution in [2.45, 2.75) is 45.8 Å². The van der Waals surface area contributed by atoms with Gasteiger partial charge in [0.25, 0.3) is 0 Å². The Morgan fingerprint density at radius 1 is 1.36 bits per heavy atom. The fourth-order valence-electron chi connectivity index (χ4n) is 2.46. The van der Waals surface area contributed by atoms with Crippen molar-refractivity contribution in [2.75, 3.05) is 19.6 Å². The Kier molecular flexibility index (Phi) is 4.78. The van der Waals surface area contributed by atoms with E-state index in [1.54, 1.807) is 28.4 Å². The van der Waals surface area contributed by atoms with Gasteiger partial charge in [0, 0.05) is 25.7 Å². The second kappa shape index (κ2) is 6.42. The molecule has 2 rings (SSSR count). The normalized spacial score (nSPS) is 19.2. The highest BCUT2D eigenvalue weighted by Gasteiger charge is 2.32. The highest BCUT2D eigenvalue weighted by Crippen LogP contribution is 2.16. The molecule has 2 heterocycles. The molecule has 0 saturated carbocycles. The Labute approximate surface area is 131 Å². The van der Waals surface area contributed by atoms with E-state index in [1.165, 1.54) is 0 Å². The molecule has 1 aliphatic heterocycles. The first-order valence-electron chi connectivity index (χ1n) is 7.55. The molecule has 1 aliphatic rings. The Balaban J connectivity index is 1.89. The highest BCUT2D eigenvalue weighted by molar-refractivity contribution is 5.79. The van der Waals surface area contributed by atoms with Crippen LogP contribution in [0.1, 0.15) is 33.3 Å². The number of hydrogen-bond donors (Lipinski definition) is 0. The van der Waals surface area contributed by atoms with Crippen LogP contribution in [0.25, 0.3) is 0 Å². The van der Waals surface area contributed by atoms with E-state index in [-0.39, 0.29) is 18.0 Å². The average Bonchev–Trinajstić information content (AvgIpc) is 2.89. The van der Waals surface area contributed by atoms with Gasteiger partial charge in [-0.15, -0.1) is 0 Å². The van der Waals surface area contributed by atoms with E-state index >= 15 is 0 Å². The smallest absolute Gasteiger partial charge is 0.410 e. The van der Waals surface area contributed by atoms with Crippen molar-refractivity contribution in [1.82, 2.24) is 9.80 Å². The summed E-state index contributed by atoms with van der Waals surface area (Å²) in [7, 11) is 0. The number of carbonyl (C=O) groups is 2. The van der Waals surface area contributed by atoms with E-state index in [9.17, 15) is 9.59 Å². The minimum atomic E-state index is -0.509. The molecule has 1 aromatic rings. The van der Waals surface area contributed by atoms with Crippen molar-refractivity contribution in [1.29, 1.82) is 0 Å². The Bertz CT molecular complexity index is 519. The standard InChI is InChI=1S/C16H24N2O4/c1-12-10-17(14(19)9-13-5-8-21-11-13)6-7-18(12)15(20)22-16(2,3)4/h5,8,11-12H,6-7,9-10H2,1-4H3/t12-/m1/s1. The molecule has 1 aromatic heterocycles. The summed E-state index contributed by atoms with van der Waals surface area (Å²) >= 11 is 0. The van der Waals surface area contributed by atoms with Crippen molar-refractivity contribution in [3.63, 3.8) is 0 Å². The molecule has 1 saturated heterocycles. The molecule has 0 N–H and O–H groups in total. The molecule has 0 bridgehead atoms. The monoisotopic (exact) mass is 308 g/mol. The van der Waals surface area contributed by atoms with E-state index in [0.717, 1.165) is 5.56 Å². The molecular weight excluding hydrogens is 284 g/mol. The summed E-state index contributed by atoms with van der Waals surface area (Å²) in [5.74, 6) is 0.0529. The molecule has 0 aromatic carbocycles. The maximum atomic E-state index is 12.3. The van der Waals surface area contributed by atoms with Gasteiger partial charge < -0.3 is 19.0 Å². The predicted molar refractivity (Wildman–Crippen MR) is 81.4 cm³/mol. The van der Waals surface area contributed by atoms with Crippen LogP contribution in [0.15, 0.2) is 23.0 Å². The minimum Gasteiger partial charge on any atom is -0.472 e. The molecule has 0 unspecified atom stereocenters. The number of amides is 2. The van der Waals surface area contributed by atoms with E-state index in [2.05, 4.69) is 0 Å². The van der Waals surface area contributed by atoms with Gasteiger partial charge in [-0.25, -0.2) is 4.79 Å². The number of furan rings is 1. The van der Waals surface area contributed by atoms with Gasteiger partial charge in [-0.2, -0.15) is 0 Å². The van der Waals surface area contributed by atoms with Crippen LogP contribution in [0.4, 0.5) is 4.79 Å². The van der Waals surface area contributed by atoms with Crippen LogP contribution < -0.4 is 0 Å². The lowest BCUT2D eigenvalue weighted by Crippen LogP contribution is -2.56. The molecule has 1 atom stereocenters. The molecule has 122 valence electrons. The van der Waals surface area contributed by atoms with Crippen molar-refractivity contribution in [3.8, 4) is 0 Å². The highest BCUT2D eigenvalue weighted by atomic mass is 16.6. The number of piperazine rings is 1. The Morgan fingerprint density at radius 3 is 2.64 bits per heavy atom. The minimum absolute atomic E-state index is 0.0529. The molecule has 0 radical (unpaired) electrons. The first-order valence-corrected chi connectivity index (χ1v) is 7.55. The second-order valence-electron chi connectivity index (χ2n) is 6.67. The summed E-state index contributed by atoms with van der Waals surface area (Å²) in [5, 5.41) is 0. The van der Waals surface area contributed by atoms with Crippen LogP contribution in [0.3, 0.4) is 0 Å². The van der Waals surface area contributed by atoms with Crippen LogP contribution in [-0.2, 0) is 16.0 Å². The van der Waals surface area contributed by atoms with Crippen LogP contribution in [0.5, 0.6) is 0 Å². The first kappa shape index (κ1) is 16.4. The summed E-state index contributed by atoms with van der Waals surface area (Å²) in [6, 6.07) is 1.73. The van der Waals surface area contributed by atoms with E-state index in [4.69, 9.17) is 9.15 Å². The van der Waals surface area contributed by atoms with Gasteiger partial charge in [-0.1, -0.05) is 0 Å². The fourth-order valence-corrected chi connectivity index (χ4v) is 2.46. The second-order valence-corrected chi connectivity index (χ2v) is 6.67. The maximum absolute atomic E-state index is 12.3. The zero-order valence-corrected chi connectivity index (χ0v) is 13.7. The summed E-state index contributed by atoms with van der Waals surface area (Å²) in [6.45, 7) is 9.02. The Hall–Kier alpha value is -1.98. The lowest BCUT2D eigenvalue weighted by molar-refractivity contribution is -0.133. The third-order valence-electron chi connectivity index (χ3n) is 3.54. The van der Waals surface area contributed by atoms with Crippen LogP contribution in [0, 0.1) is 0 Å².